The molecule has 1 heterocycles. The van der Waals surface area contributed by atoms with Gasteiger partial charge in [0.1, 0.15) is 11.2 Å². The van der Waals surface area contributed by atoms with E-state index in [-0.39, 0.29) is 0 Å². The number of furan rings is 1. The van der Waals surface area contributed by atoms with Crippen LogP contribution in [0.3, 0.4) is 0 Å². The number of fused-ring (bicyclic) bond motifs is 5. The van der Waals surface area contributed by atoms with E-state index in [0.29, 0.717) is 0 Å². The highest BCUT2D eigenvalue weighted by Crippen LogP contribution is 2.41. The third-order valence-electron chi connectivity index (χ3n) is 11.5. The molecular weight excluding hydrogens is 703 g/mol. The Kier molecular flexibility index (Phi) is 8.19. The van der Waals surface area contributed by atoms with Crippen LogP contribution < -0.4 is 4.90 Å². The largest absolute Gasteiger partial charge is 0.456 e. The van der Waals surface area contributed by atoms with Crippen molar-refractivity contribution in [1.82, 2.24) is 0 Å². The second-order valence-electron chi connectivity index (χ2n) is 14.9. The van der Waals surface area contributed by atoms with E-state index in [1.165, 1.54) is 54.9 Å². The van der Waals surface area contributed by atoms with E-state index in [1.54, 1.807) is 0 Å². The zero-order chi connectivity index (χ0) is 38.4. The Labute approximate surface area is 337 Å². The normalized spacial score (nSPS) is 11.4. The predicted octanol–water partition coefficient (Wildman–Crippen LogP) is 16.0. The second kappa shape index (κ2) is 14.1. The van der Waals surface area contributed by atoms with Crippen LogP contribution in [-0.4, -0.2) is 0 Å². The lowest BCUT2D eigenvalue weighted by molar-refractivity contribution is 0.669. The Morgan fingerprint density at radius 2 is 0.776 bits per heavy atom. The summed E-state index contributed by atoms with van der Waals surface area (Å²) in [6.45, 7) is 0. The molecule has 0 radical (unpaired) electrons. The standard InChI is InChI=1S/C56H37NO/c1-2-11-38(12-3-1)45-28-27-41-15-10-21-51(54(41)36-45)42-25-23-39(24-26-42)44-16-8-17-47(35-44)57(48-33-34-53-52-19-6-7-22-55(52)58-56(53)37-48)46-31-29-43(30-32-46)50-20-9-14-40-13-4-5-18-49(40)50/h1-37H. The Hall–Kier alpha value is -7.68. The Morgan fingerprint density at radius 3 is 1.59 bits per heavy atom. The molecule has 0 aliphatic rings. The Morgan fingerprint density at radius 1 is 0.259 bits per heavy atom. The molecule has 0 bridgehead atoms. The van der Waals surface area contributed by atoms with E-state index in [1.807, 2.05) is 12.1 Å². The highest BCUT2D eigenvalue weighted by molar-refractivity contribution is 6.06. The van der Waals surface area contributed by atoms with Crippen molar-refractivity contribution in [2.45, 2.75) is 0 Å². The molecule has 0 aliphatic heterocycles. The van der Waals surface area contributed by atoms with Crippen molar-refractivity contribution < 1.29 is 4.42 Å². The van der Waals surface area contributed by atoms with Crippen LogP contribution >= 0.6 is 0 Å². The number of hydrogen-bond acceptors (Lipinski definition) is 2. The first-order valence-corrected chi connectivity index (χ1v) is 19.8. The Balaban J connectivity index is 0.981. The first kappa shape index (κ1) is 33.6. The van der Waals surface area contributed by atoms with E-state index < -0.39 is 0 Å². The fraction of sp³-hybridized carbons (Fsp3) is 0. The van der Waals surface area contributed by atoms with Crippen LogP contribution in [0.15, 0.2) is 229 Å². The average molecular weight is 740 g/mol. The summed E-state index contributed by atoms with van der Waals surface area (Å²) in [6, 6.07) is 80.7. The topological polar surface area (TPSA) is 16.4 Å². The highest BCUT2D eigenvalue weighted by atomic mass is 16.3. The van der Waals surface area contributed by atoms with Gasteiger partial charge in [-0.2, -0.15) is 0 Å². The summed E-state index contributed by atoms with van der Waals surface area (Å²) in [4.78, 5) is 2.33. The molecule has 0 unspecified atom stereocenters. The van der Waals surface area contributed by atoms with E-state index in [4.69, 9.17) is 4.42 Å². The van der Waals surface area contributed by atoms with E-state index in [9.17, 15) is 0 Å². The highest BCUT2D eigenvalue weighted by Gasteiger charge is 2.17. The minimum atomic E-state index is 0.868. The molecule has 0 atom stereocenters. The van der Waals surface area contributed by atoms with Gasteiger partial charge in [-0.1, -0.05) is 170 Å². The Bertz CT molecular complexity index is 3260. The molecule has 11 aromatic rings. The van der Waals surface area contributed by atoms with Gasteiger partial charge in [-0.15, -0.1) is 0 Å². The minimum absolute atomic E-state index is 0.868. The predicted molar refractivity (Wildman–Crippen MR) is 245 cm³/mol. The number of rotatable bonds is 7. The molecule has 0 amide bonds. The van der Waals surface area contributed by atoms with Gasteiger partial charge in [0.2, 0.25) is 0 Å². The van der Waals surface area contributed by atoms with E-state index in [2.05, 4.69) is 217 Å². The van der Waals surface area contributed by atoms with Crippen LogP contribution in [0.5, 0.6) is 0 Å². The van der Waals surface area contributed by atoms with Crippen LogP contribution in [-0.2, 0) is 0 Å². The summed E-state index contributed by atoms with van der Waals surface area (Å²) in [5, 5.41) is 7.22. The third-order valence-corrected chi connectivity index (χ3v) is 11.5. The van der Waals surface area contributed by atoms with Crippen molar-refractivity contribution >= 4 is 60.5 Å². The zero-order valence-corrected chi connectivity index (χ0v) is 31.7. The molecule has 0 N–H and O–H groups in total. The van der Waals surface area contributed by atoms with Crippen molar-refractivity contribution in [3.8, 4) is 44.5 Å². The lowest BCUT2D eigenvalue weighted by Gasteiger charge is -2.26. The van der Waals surface area contributed by atoms with E-state index in [0.717, 1.165) is 50.1 Å². The van der Waals surface area contributed by atoms with Crippen molar-refractivity contribution in [2.24, 2.45) is 0 Å². The molecule has 0 saturated carbocycles. The molecule has 10 aromatic carbocycles. The minimum Gasteiger partial charge on any atom is -0.456 e. The molecule has 0 spiro atoms. The second-order valence-corrected chi connectivity index (χ2v) is 14.9. The van der Waals surface area contributed by atoms with Gasteiger partial charge < -0.3 is 9.32 Å². The summed E-state index contributed by atoms with van der Waals surface area (Å²) >= 11 is 0. The van der Waals surface area contributed by atoms with Crippen molar-refractivity contribution in [3.63, 3.8) is 0 Å². The number of hydrogen-bond donors (Lipinski definition) is 0. The molecule has 2 nitrogen and oxygen atoms in total. The van der Waals surface area contributed by atoms with Crippen LogP contribution in [0.4, 0.5) is 17.1 Å². The molecule has 58 heavy (non-hydrogen) atoms. The van der Waals surface area contributed by atoms with Gasteiger partial charge >= 0.3 is 0 Å². The van der Waals surface area contributed by atoms with Crippen molar-refractivity contribution in [3.05, 3.63) is 224 Å². The quantitative estimate of drug-likeness (QED) is 0.162. The van der Waals surface area contributed by atoms with Gasteiger partial charge in [0.25, 0.3) is 0 Å². The van der Waals surface area contributed by atoms with Crippen LogP contribution in [0.1, 0.15) is 0 Å². The number of para-hydroxylation sites is 1. The summed E-state index contributed by atoms with van der Waals surface area (Å²) < 4.78 is 6.40. The maximum absolute atomic E-state index is 6.40. The van der Waals surface area contributed by atoms with Crippen molar-refractivity contribution in [2.75, 3.05) is 4.90 Å². The summed E-state index contributed by atoms with van der Waals surface area (Å²) in [7, 11) is 0. The number of nitrogens with zero attached hydrogens (tertiary/aromatic N) is 1. The van der Waals surface area contributed by atoms with Gasteiger partial charge in [0, 0.05) is 33.9 Å². The van der Waals surface area contributed by atoms with Gasteiger partial charge in [-0.05, 0) is 115 Å². The maximum atomic E-state index is 6.40. The fourth-order valence-electron chi connectivity index (χ4n) is 8.57. The van der Waals surface area contributed by atoms with Crippen LogP contribution in [0, 0.1) is 0 Å². The molecule has 0 saturated heterocycles. The number of benzene rings is 10. The summed E-state index contributed by atoms with van der Waals surface area (Å²) in [6.07, 6.45) is 0. The molecule has 0 aliphatic carbocycles. The number of anilines is 3. The molecule has 2 heteroatoms. The molecular formula is C56H37NO. The molecule has 11 rings (SSSR count). The first-order valence-electron chi connectivity index (χ1n) is 19.8. The van der Waals surface area contributed by atoms with Gasteiger partial charge in [-0.25, -0.2) is 0 Å². The maximum Gasteiger partial charge on any atom is 0.137 e. The monoisotopic (exact) mass is 739 g/mol. The van der Waals surface area contributed by atoms with Gasteiger partial charge in [0.15, 0.2) is 0 Å². The fourth-order valence-corrected chi connectivity index (χ4v) is 8.57. The van der Waals surface area contributed by atoms with Crippen LogP contribution in [0.25, 0.3) is 88.0 Å². The zero-order valence-electron chi connectivity index (χ0n) is 31.7. The first-order chi connectivity index (χ1) is 28.7. The van der Waals surface area contributed by atoms with Gasteiger partial charge in [-0.3, -0.25) is 0 Å². The van der Waals surface area contributed by atoms with E-state index >= 15 is 0 Å². The molecule has 0 fully saturated rings. The lowest BCUT2D eigenvalue weighted by Crippen LogP contribution is -2.10. The van der Waals surface area contributed by atoms with Crippen molar-refractivity contribution in [1.29, 1.82) is 0 Å². The van der Waals surface area contributed by atoms with Crippen LogP contribution in [0.2, 0.25) is 0 Å². The van der Waals surface area contributed by atoms with Gasteiger partial charge in [0.05, 0.1) is 0 Å². The SMILES string of the molecule is c1ccc(-c2ccc3cccc(-c4ccc(-c5cccc(N(c6ccc(-c7cccc8ccccc78)cc6)c6ccc7c(c6)oc6ccccc67)c5)cc4)c3c2)cc1. The summed E-state index contributed by atoms with van der Waals surface area (Å²) in [5.41, 5.74) is 14.5. The average Bonchev–Trinajstić information content (AvgIpc) is 3.67. The summed E-state index contributed by atoms with van der Waals surface area (Å²) in [5.74, 6) is 0. The third kappa shape index (κ3) is 6.00. The molecule has 1 aromatic heterocycles. The lowest BCUT2D eigenvalue weighted by atomic mass is 9.93. The smallest absolute Gasteiger partial charge is 0.137 e. The molecule has 272 valence electrons.